The molecule has 0 amide bonds. The number of carbonyl (C=O) groups is 1. The number of ketones is 1. The lowest BCUT2D eigenvalue weighted by atomic mass is 10.1. The summed E-state index contributed by atoms with van der Waals surface area (Å²) >= 11 is 5.65. The first-order chi connectivity index (χ1) is 8.97. The zero-order valence-corrected chi connectivity index (χ0v) is 10.2. The van der Waals surface area contributed by atoms with E-state index < -0.39 is 23.1 Å². The van der Waals surface area contributed by atoms with Gasteiger partial charge < -0.3 is 0 Å². The highest BCUT2D eigenvalue weighted by Crippen LogP contribution is 2.10. The molecule has 1 heterocycles. The Labute approximate surface area is 111 Å². The van der Waals surface area contributed by atoms with Gasteiger partial charge >= 0.3 is 5.69 Å². The highest BCUT2D eigenvalue weighted by molar-refractivity contribution is 6.30. The number of hydrogen-bond acceptors (Lipinski definition) is 3. The molecule has 0 aliphatic heterocycles. The first-order valence-electron chi connectivity index (χ1n) is 5.17. The van der Waals surface area contributed by atoms with E-state index in [1.807, 2.05) is 0 Å². The van der Waals surface area contributed by atoms with Gasteiger partial charge in [0.25, 0.3) is 0 Å². The fraction of sp³-hybridized carbons (Fsp3) is 0.0833. The standard InChI is InChI=1S/C12H7ClF2N2O2/c13-8-4-16-12(19)17(5-8)6-11(18)7-1-2-9(14)10(15)3-7/h1-5H,6H2. The van der Waals surface area contributed by atoms with Gasteiger partial charge in [-0.2, -0.15) is 0 Å². The van der Waals surface area contributed by atoms with Crippen molar-refractivity contribution in [2.45, 2.75) is 6.54 Å². The maximum absolute atomic E-state index is 13.0. The Morgan fingerprint density at radius 1 is 1.32 bits per heavy atom. The van der Waals surface area contributed by atoms with Crippen LogP contribution in [0.2, 0.25) is 5.02 Å². The van der Waals surface area contributed by atoms with Gasteiger partial charge in [0.15, 0.2) is 17.4 Å². The molecule has 0 saturated carbocycles. The summed E-state index contributed by atoms with van der Waals surface area (Å²) in [5.74, 6) is -2.72. The number of benzene rings is 1. The van der Waals surface area contributed by atoms with Crippen LogP contribution in [0.4, 0.5) is 8.78 Å². The lowest BCUT2D eigenvalue weighted by Gasteiger charge is -2.05. The second-order valence-corrected chi connectivity index (χ2v) is 4.17. The molecular formula is C12H7ClF2N2O2. The first-order valence-corrected chi connectivity index (χ1v) is 5.55. The minimum absolute atomic E-state index is 0.0363. The van der Waals surface area contributed by atoms with Gasteiger partial charge in [-0.3, -0.25) is 9.36 Å². The molecule has 0 fully saturated rings. The van der Waals surface area contributed by atoms with Gasteiger partial charge in [0.2, 0.25) is 0 Å². The number of carbonyl (C=O) groups excluding carboxylic acids is 1. The summed E-state index contributed by atoms with van der Waals surface area (Å²) in [6, 6.07) is 2.77. The van der Waals surface area contributed by atoms with Crippen LogP contribution in [0.1, 0.15) is 10.4 Å². The molecule has 0 saturated heterocycles. The molecule has 1 aromatic heterocycles. The molecule has 98 valence electrons. The minimum atomic E-state index is -1.12. The maximum atomic E-state index is 13.0. The number of aromatic nitrogens is 2. The van der Waals surface area contributed by atoms with Crippen LogP contribution in [0.3, 0.4) is 0 Å². The van der Waals surface area contributed by atoms with Crippen molar-refractivity contribution in [2.24, 2.45) is 0 Å². The summed E-state index contributed by atoms with van der Waals surface area (Å²) < 4.78 is 26.7. The summed E-state index contributed by atoms with van der Waals surface area (Å²) in [5, 5.41) is 0.192. The molecule has 0 aliphatic carbocycles. The molecule has 4 nitrogen and oxygen atoms in total. The van der Waals surface area contributed by atoms with E-state index in [9.17, 15) is 18.4 Å². The van der Waals surface area contributed by atoms with Crippen molar-refractivity contribution in [1.29, 1.82) is 0 Å². The predicted octanol–water partition coefficient (Wildman–Crippen LogP) is 2.06. The Balaban J connectivity index is 2.28. The van der Waals surface area contributed by atoms with E-state index in [1.54, 1.807) is 0 Å². The average molecular weight is 285 g/mol. The van der Waals surface area contributed by atoms with E-state index in [0.717, 1.165) is 29.0 Å². The van der Waals surface area contributed by atoms with E-state index in [-0.39, 0.29) is 17.1 Å². The number of Topliss-reactive ketones (excluding diaryl/α,β-unsaturated/α-hetero) is 1. The van der Waals surface area contributed by atoms with Crippen LogP contribution in [0.25, 0.3) is 0 Å². The quantitative estimate of drug-likeness (QED) is 0.811. The summed E-state index contributed by atoms with van der Waals surface area (Å²) in [6.45, 7) is -0.350. The Hall–Kier alpha value is -2.08. The summed E-state index contributed by atoms with van der Waals surface area (Å²) in [5.41, 5.74) is -0.689. The van der Waals surface area contributed by atoms with E-state index in [4.69, 9.17) is 11.6 Å². The monoisotopic (exact) mass is 284 g/mol. The molecule has 0 spiro atoms. The fourth-order valence-electron chi connectivity index (χ4n) is 1.46. The van der Waals surface area contributed by atoms with Crippen molar-refractivity contribution in [1.82, 2.24) is 9.55 Å². The highest BCUT2D eigenvalue weighted by Gasteiger charge is 2.11. The van der Waals surface area contributed by atoms with Crippen LogP contribution in [0, 0.1) is 11.6 Å². The topological polar surface area (TPSA) is 52.0 Å². The fourth-order valence-corrected chi connectivity index (χ4v) is 1.62. The summed E-state index contributed by atoms with van der Waals surface area (Å²) in [6.07, 6.45) is 2.40. The van der Waals surface area contributed by atoms with Gasteiger partial charge in [0.05, 0.1) is 17.8 Å². The molecule has 0 aliphatic rings. The Morgan fingerprint density at radius 2 is 2.05 bits per heavy atom. The van der Waals surface area contributed by atoms with E-state index in [1.165, 1.54) is 6.20 Å². The summed E-state index contributed by atoms with van der Waals surface area (Å²) in [4.78, 5) is 26.6. The lowest BCUT2D eigenvalue weighted by molar-refractivity contribution is 0.0969. The second-order valence-electron chi connectivity index (χ2n) is 3.73. The van der Waals surface area contributed by atoms with Crippen molar-refractivity contribution in [3.8, 4) is 0 Å². The smallest absolute Gasteiger partial charge is 0.292 e. The molecule has 0 atom stereocenters. The molecule has 0 bridgehead atoms. The molecule has 0 N–H and O–H groups in total. The third-order valence-electron chi connectivity index (χ3n) is 2.38. The van der Waals surface area contributed by atoms with Crippen LogP contribution in [0.5, 0.6) is 0 Å². The van der Waals surface area contributed by atoms with Crippen molar-refractivity contribution >= 4 is 17.4 Å². The summed E-state index contributed by atoms with van der Waals surface area (Å²) in [7, 11) is 0. The lowest BCUT2D eigenvalue weighted by Crippen LogP contribution is -2.25. The van der Waals surface area contributed by atoms with Crippen molar-refractivity contribution in [3.63, 3.8) is 0 Å². The van der Waals surface area contributed by atoms with E-state index >= 15 is 0 Å². The third-order valence-corrected chi connectivity index (χ3v) is 2.57. The van der Waals surface area contributed by atoms with Gasteiger partial charge in [-0.15, -0.1) is 0 Å². The number of nitrogens with zero attached hydrogens (tertiary/aromatic N) is 2. The van der Waals surface area contributed by atoms with Gasteiger partial charge in [-0.25, -0.2) is 18.6 Å². The van der Waals surface area contributed by atoms with Crippen LogP contribution in [0.15, 0.2) is 35.4 Å². The van der Waals surface area contributed by atoms with Gasteiger partial charge in [0, 0.05) is 11.8 Å². The molecule has 2 aromatic rings. The SMILES string of the molecule is O=C(Cn1cc(Cl)cnc1=O)c1ccc(F)c(F)c1. The maximum Gasteiger partial charge on any atom is 0.348 e. The molecule has 0 unspecified atom stereocenters. The van der Waals surface area contributed by atoms with Crippen molar-refractivity contribution in [3.05, 3.63) is 63.3 Å². The van der Waals surface area contributed by atoms with Crippen molar-refractivity contribution in [2.75, 3.05) is 0 Å². The highest BCUT2D eigenvalue weighted by atomic mass is 35.5. The van der Waals surface area contributed by atoms with Crippen molar-refractivity contribution < 1.29 is 13.6 Å². The zero-order chi connectivity index (χ0) is 14.0. The molecule has 0 radical (unpaired) electrons. The Bertz CT molecular complexity index is 700. The number of halogens is 3. The van der Waals surface area contributed by atoms with Gasteiger partial charge in [-0.05, 0) is 18.2 Å². The van der Waals surface area contributed by atoms with E-state index in [2.05, 4.69) is 4.98 Å². The Morgan fingerprint density at radius 3 is 2.74 bits per heavy atom. The molecule has 1 aromatic carbocycles. The van der Waals surface area contributed by atoms with Crippen LogP contribution < -0.4 is 5.69 Å². The van der Waals surface area contributed by atoms with Gasteiger partial charge in [-0.1, -0.05) is 11.6 Å². The molecule has 19 heavy (non-hydrogen) atoms. The second kappa shape index (κ2) is 5.27. The largest absolute Gasteiger partial charge is 0.348 e. The first kappa shape index (κ1) is 13.4. The van der Waals surface area contributed by atoms with Gasteiger partial charge in [0.1, 0.15) is 0 Å². The Kier molecular flexibility index (Phi) is 3.71. The van der Waals surface area contributed by atoms with Crippen LogP contribution in [-0.4, -0.2) is 15.3 Å². The zero-order valence-electron chi connectivity index (χ0n) is 9.44. The average Bonchev–Trinajstić information content (AvgIpc) is 2.37. The van der Waals surface area contributed by atoms with E-state index in [0.29, 0.717) is 0 Å². The normalized spacial score (nSPS) is 10.5. The molecular weight excluding hydrogens is 278 g/mol. The molecule has 7 heteroatoms. The third kappa shape index (κ3) is 3.03. The minimum Gasteiger partial charge on any atom is -0.292 e. The van der Waals surface area contributed by atoms with Crippen LogP contribution in [-0.2, 0) is 6.54 Å². The molecule has 2 rings (SSSR count). The predicted molar refractivity (Wildman–Crippen MR) is 64.2 cm³/mol. The number of hydrogen-bond donors (Lipinski definition) is 0. The van der Waals surface area contributed by atoms with Crippen LogP contribution >= 0.6 is 11.6 Å². The number of rotatable bonds is 3.